The molecule has 1 amide bonds. The number of nitrogens with one attached hydrogen (secondary N) is 1. The summed E-state index contributed by atoms with van der Waals surface area (Å²) in [5.74, 6) is 0.279. The third kappa shape index (κ3) is 3.10. The van der Waals surface area contributed by atoms with Crippen molar-refractivity contribution in [3.63, 3.8) is 0 Å². The molecule has 0 spiro atoms. The van der Waals surface area contributed by atoms with Gasteiger partial charge in [0.05, 0.1) is 22.9 Å². The minimum atomic E-state index is -0.102. The first-order valence-electron chi connectivity index (χ1n) is 8.57. The number of H-pyrrole nitrogens is 1. The summed E-state index contributed by atoms with van der Waals surface area (Å²) in [7, 11) is 1.60. The first kappa shape index (κ1) is 16.8. The summed E-state index contributed by atoms with van der Waals surface area (Å²) in [5.41, 5.74) is 1.52. The predicted octanol–water partition coefficient (Wildman–Crippen LogP) is 3.01. The van der Waals surface area contributed by atoms with Gasteiger partial charge >= 0.3 is 0 Å². The van der Waals surface area contributed by atoms with E-state index in [1.54, 1.807) is 25.4 Å². The normalized spacial score (nSPS) is 15.3. The number of carbonyl (C=O) groups excluding carboxylic acids is 1. The Bertz CT molecular complexity index is 1000. The van der Waals surface area contributed by atoms with Gasteiger partial charge in [-0.15, -0.1) is 0 Å². The van der Waals surface area contributed by atoms with Gasteiger partial charge in [0.15, 0.2) is 5.06 Å². The van der Waals surface area contributed by atoms with E-state index in [9.17, 15) is 9.59 Å². The molecule has 0 radical (unpaired) electrons. The molecule has 0 bridgehead atoms. The number of aromatic amines is 1. The lowest BCUT2D eigenvalue weighted by molar-refractivity contribution is 0.0717. The fraction of sp³-hybridized carbons (Fsp3) is 0.316. The molecule has 1 fully saturated rings. The average Bonchev–Trinajstić information content (AvgIpc) is 3.17. The summed E-state index contributed by atoms with van der Waals surface area (Å²) in [6.45, 7) is 1.35. The van der Waals surface area contributed by atoms with Crippen LogP contribution < -0.4 is 10.3 Å². The molecule has 7 heteroatoms. The van der Waals surface area contributed by atoms with Crippen LogP contribution in [-0.4, -0.2) is 41.0 Å². The molecule has 3 aromatic heterocycles. The van der Waals surface area contributed by atoms with Crippen molar-refractivity contribution in [2.75, 3.05) is 20.2 Å². The fourth-order valence-electron chi connectivity index (χ4n) is 3.42. The van der Waals surface area contributed by atoms with Crippen LogP contribution in [0.3, 0.4) is 0 Å². The van der Waals surface area contributed by atoms with Crippen molar-refractivity contribution in [3.8, 4) is 5.06 Å². The summed E-state index contributed by atoms with van der Waals surface area (Å²) in [4.78, 5) is 34.7. The molecule has 134 valence electrons. The van der Waals surface area contributed by atoms with Crippen molar-refractivity contribution in [1.82, 2.24) is 14.9 Å². The van der Waals surface area contributed by atoms with Crippen LogP contribution in [0.5, 0.6) is 5.06 Å². The zero-order valence-electron chi connectivity index (χ0n) is 14.4. The van der Waals surface area contributed by atoms with E-state index >= 15 is 0 Å². The number of amides is 1. The van der Waals surface area contributed by atoms with Gasteiger partial charge in [-0.25, -0.2) is 0 Å². The summed E-state index contributed by atoms with van der Waals surface area (Å²) in [6.07, 6.45) is 3.34. The molecule has 1 aliphatic heterocycles. The second-order valence-electron chi connectivity index (χ2n) is 6.38. The van der Waals surface area contributed by atoms with Gasteiger partial charge in [0.2, 0.25) is 0 Å². The second kappa shape index (κ2) is 6.92. The largest absolute Gasteiger partial charge is 0.487 e. The molecule has 1 saturated heterocycles. The summed E-state index contributed by atoms with van der Waals surface area (Å²) in [5, 5.41) is 1.35. The number of thiophene rings is 1. The van der Waals surface area contributed by atoms with Crippen LogP contribution in [-0.2, 0) is 0 Å². The molecule has 26 heavy (non-hydrogen) atoms. The van der Waals surface area contributed by atoms with Crippen LogP contribution in [0.15, 0.2) is 41.3 Å². The third-order valence-electron chi connectivity index (χ3n) is 4.85. The molecule has 0 aromatic carbocycles. The number of piperidine rings is 1. The zero-order valence-corrected chi connectivity index (χ0v) is 15.2. The molecule has 0 aliphatic carbocycles. The van der Waals surface area contributed by atoms with E-state index in [0.29, 0.717) is 23.4 Å². The number of fused-ring (bicyclic) bond motifs is 1. The molecule has 1 N–H and O–H groups in total. The summed E-state index contributed by atoms with van der Waals surface area (Å²) >= 11 is 1.37. The highest BCUT2D eigenvalue weighted by Gasteiger charge is 2.26. The maximum atomic E-state index is 12.6. The lowest BCUT2D eigenvalue weighted by Gasteiger charge is -2.31. The quantitative estimate of drug-likeness (QED) is 0.770. The maximum Gasteiger partial charge on any atom is 0.264 e. The van der Waals surface area contributed by atoms with Crippen LogP contribution in [0, 0.1) is 0 Å². The number of hydrogen-bond donors (Lipinski definition) is 1. The number of hydrogen-bond acceptors (Lipinski definition) is 5. The lowest BCUT2D eigenvalue weighted by Crippen LogP contribution is -2.37. The number of nitrogens with zero attached hydrogens (tertiary/aromatic N) is 2. The molecule has 4 heterocycles. The molecule has 4 rings (SSSR count). The molecule has 0 saturated carbocycles. The average molecular weight is 369 g/mol. The number of ether oxygens (including phenoxy) is 1. The highest BCUT2D eigenvalue weighted by Crippen LogP contribution is 2.30. The number of carbonyl (C=O) groups is 1. The van der Waals surface area contributed by atoms with Gasteiger partial charge in [0.25, 0.3) is 11.5 Å². The molecular formula is C19H19N3O3S. The topological polar surface area (TPSA) is 75.3 Å². The molecular weight excluding hydrogens is 350 g/mol. The molecule has 0 unspecified atom stereocenters. The Labute approximate surface area is 154 Å². The van der Waals surface area contributed by atoms with Crippen molar-refractivity contribution >= 4 is 28.1 Å². The minimum Gasteiger partial charge on any atom is -0.487 e. The first-order valence-corrected chi connectivity index (χ1v) is 9.38. The fourth-order valence-corrected chi connectivity index (χ4v) is 4.21. The molecule has 3 aromatic rings. The van der Waals surface area contributed by atoms with Crippen molar-refractivity contribution in [2.24, 2.45) is 0 Å². The Balaban J connectivity index is 1.48. The van der Waals surface area contributed by atoms with E-state index in [1.165, 1.54) is 11.3 Å². The van der Waals surface area contributed by atoms with Gasteiger partial charge in [0, 0.05) is 30.9 Å². The Morgan fingerprint density at radius 3 is 2.85 bits per heavy atom. The van der Waals surface area contributed by atoms with E-state index < -0.39 is 0 Å². The monoisotopic (exact) mass is 369 g/mol. The van der Waals surface area contributed by atoms with Crippen LogP contribution in [0.1, 0.15) is 34.1 Å². The van der Waals surface area contributed by atoms with Crippen molar-refractivity contribution in [3.05, 3.63) is 57.5 Å². The van der Waals surface area contributed by atoms with Gasteiger partial charge < -0.3 is 14.6 Å². The smallest absolute Gasteiger partial charge is 0.264 e. The Hall–Kier alpha value is -2.67. The first-order chi connectivity index (χ1) is 12.7. The Kier molecular flexibility index (Phi) is 4.46. The van der Waals surface area contributed by atoms with Crippen molar-refractivity contribution in [1.29, 1.82) is 0 Å². The van der Waals surface area contributed by atoms with Gasteiger partial charge in [-0.05, 0) is 43.2 Å². The van der Waals surface area contributed by atoms with E-state index in [1.807, 2.05) is 23.1 Å². The van der Waals surface area contributed by atoms with Gasteiger partial charge in [-0.1, -0.05) is 11.3 Å². The molecule has 6 nitrogen and oxygen atoms in total. The summed E-state index contributed by atoms with van der Waals surface area (Å²) in [6, 6.07) is 9.13. The third-order valence-corrected chi connectivity index (χ3v) is 5.88. The van der Waals surface area contributed by atoms with Crippen LogP contribution >= 0.6 is 11.3 Å². The predicted molar refractivity (Wildman–Crippen MR) is 101 cm³/mol. The highest BCUT2D eigenvalue weighted by molar-refractivity contribution is 7.15. The SMILES string of the molecule is COc1ccc(C(=O)N2CCC(c3cc4ncccc4c(=O)[nH]3)CC2)s1. The Morgan fingerprint density at radius 1 is 1.31 bits per heavy atom. The number of methoxy groups -OCH3 is 1. The lowest BCUT2D eigenvalue weighted by atomic mass is 9.92. The molecule has 1 aliphatic rings. The van der Waals surface area contributed by atoms with Gasteiger partial charge in [-0.2, -0.15) is 0 Å². The van der Waals surface area contributed by atoms with Crippen molar-refractivity contribution < 1.29 is 9.53 Å². The molecule has 0 atom stereocenters. The zero-order chi connectivity index (χ0) is 18.1. The van der Waals surface area contributed by atoms with E-state index in [0.717, 1.165) is 29.1 Å². The van der Waals surface area contributed by atoms with E-state index in [-0.39, 0.29) is 17.4 Å². The maximum absolute atomic E-state index is 12.6. The van der Waals surface area contributed by atoms with Crippen molar-refractivity contribution in [2.45, 2.75) is 18.8 Å². The van der Waals surface area contributed by atoms with E-state index in [4.69, 9.17) is 4.74 Å². The standard InChI is InChI=1S/C19H19N3O3S/c1-25-17-5-4-16(26-17)19(24)22-9-6-12(7-10-22)14-11-15-13(18(23)21-14)3-2-8-20-15/h2-5,8,11-12H,6-7,9-10H2,1H3,(H,21,23). The summed E-state index contributed by atoms with van der Waals surface area (Å²) < 4.78 is 5.16. The number of pyridine rings is 2. The highest BCUT2D eigenvalue weighted by atomic mass is 32.1. The number of likely N-dealkylation sites (tertiary alicyclic amines) is 1. The Morgan fingerprint density at radius 2 is 2.12 bits per heavy atom. The van der Waals surface area contributed by atoms with E-state index in [2.05, 4.69) is 9.97 Å². The van der Waals surface area contributed by atoms with Gasteiger partial charge in [0.1, 0.15) is 0 Å². The van der Waals surface area contributed by atoms with Crippen LogP contribution in [0.4, 0.5) is 0 Å². The van der Waals surface area contributed by atoms with Crippen LogP contribution in [0.2, 0.25) is 0 Å². The number of rotatable bonds is 3. The number of aromatic nitrogens is 2. The minimum absolute atomic E-state index is 0.0467. The van der Waals surface area contributed by atoms with Crippen LogP contribution in [0.25, 0.3) is 10.9 Å². The van der Waals surface area contributed by atoms with Gasteiger partial charge in [-0.3, -0.25) is 14.6 Å². The second-order valence-corrected chi connectivity index (χ2v) is 7.43.